The van der Waals surface area contributed by atoms with E-state index in [0.29, 0.717) is 17.5 Å². The van der Waals surface area contributed by atoms with E-state index in [1.54, 1.807) is 19.0 Å². The van der Waals surface area contributed by atoms with Gasteiger partial charge in [-0.25, -0.2) is 4.68 Å². The molecule has 106 valence electrons. The normalized spacial score (nSPS) is 10.5. The molecule has 10 heteroatoms. The van der Waals surface area contributed by atoms with Gasteiger partial charge in [-0.3, -0.25) is 4.79 Å². The van der Waals surface area contributed by atoms with E-state index in [1.165, 1.54) is 10.9 Å². The van der Waals surface area contributed by atoms with E-state index in [-0.39, 0.29) is 18.9 Å². The van der Waals surface area contributed by atoms with Crippen LogP contribution in [-0.4, -0.2) is 55.1 Å². The average Bonchev–Trinajstić information content (AvgIpc) is 2.74. The van der Waals surface area contributed by atoms with E-state index in [2.05, 4.69) is 25.3 Å². The highest BCUT2D eigenvalue weighted by Gasteiger charge is 2.09. The first-order valence-electron chi connectivity index (χ1n) is 5.72. The Morgan fingerprint density at radius 1 is 1.40 bits per heavy atom. The Labute approximate surface area is 114 Å². The average molecular weight is 278 g/mol. The van der Waals surface area contributed by atoms with Crippen molar-refractivity contribution in [3.63, 3.8) is 0 Å². The molecule has 10 nitrogen and oxygen atoms in total. The van der Waals surface area contributed by atoms with Gasteiger partial charge in [-0.05, 0) is 0 Å². The highest BCUT2D eigenvalue weighted by atomic mass is 16.4. The minimum absolute atomic E-state index is 0.115. The summed E-state index contributed by atoms with van der Waals surface area (Å²) in [5, 5.41) is 16.2. The molecule has 2 aromatic rings. The van der Waals surface area contributed by atoms with Gasteiger partial charge in [0.1, 0.15) is 6.54 Å². The number of carbonyl (C=O) groups is 1. The number of hydrogen-bond acceptors (Lipinski definition) is 8. The Bertz CT molecular complexity index is 623. The molecule has 0 aliphatic rings. The van der Waals surface area contributed by atoms with Crippen LogP contribution in [0.3, 0.4) is 0 Å². The van der Waals surface area contributed by atoms with Crippen LogP contribution in [0.2, 0.25) is 0 Å². The quantitative estimate of drug-likeness (QED) is 0.689. The molecular formula is C10H14N8O2. The van der Waals surface area contributed by atoms with Crippen molar-refractivity contribution >= 4 is 17.9 Å². The van der Waals surface area contributed by atoms with Crippen molar-refractivity contribution in [2.75, 3.05) is 24.7 Å². The number of nitrogens with two attached hydrogens (primary N) is 1. The van der Waals surface area contributed by atoms with Crippen molar-refractivity contribution in [1.82, 2.24) is 29.9 Å². The molecule has 0 saturated carbocycles. The minimum Gasteiger partial charge on any atom is -0.481 e. The molecule has 0 aromatic carbocycles. The molecule has 0 unspecified atom stereocenters. The lowest BCUT2D eigenvalue weighted by atomic mass is 10.3. The number of nitrogen functional groups attached to an aromatic ring is 1. The first-order valence-corrected chi connectivity index (χ1v) is 5.72. The summed E-state index contributed by atoms with van der Waals surface area (Å²) in [7, 11) is 3.58. The van der Waals surface area contributed by atoms with Gasteiger partial charge in [0.05, 0.1) is 12.1 Å². The number of hydrogen-bond donors (Lipinski definition) is 2. The Hall–Kier alpha value is -2.78. The molecule has 2 rings (SSSR count). The van der Waals surface area contributed by atoms with Crippen LogP contribution in [0.4, 0.5) is 11.9 Å². The van der Waals surface area contributed by atoms with Crippen molar-refractivity contribution < 1.29 is 9.90 Å². The third-order valence-corrected chi connectivity index (χ3v) is 2.31. The maximum atomic E-state index is 10.6. The van der Waals surface area contributed by atoms with E-state index < -0.39 is 5.97 Å². The number of rotatable bonds is 5. The summed E-state index contributed by atoms with van der Waals surface area (Å²) in [6, 6.07) is 0. The topological polar surface area (TPSA) is 136 Å². The summed E-state index contributed by atoms with van der Waals surface area (Å²) in [6.45, 7) is 0.236. The van der Waals surface area contributed by atoms with Gasteiger partial charge in [0.15, 0.2) is 5.82 Å². The second-order valence-electron chi connectivity index (χ2n) is 4.28. The van der Waals surface area contributed by atoms with Crippen LogP contribution in [0.1, 0.15) is 11.5 Å². The second-order valence-corrected chi connectivity index (χ2v) is 4.28. The fraction of sp³-hybridized carbons (Fsp3) is 0.400. The van der Waals surface area contributed by atoms with E-state index in [4.69, 9.17) is 10.8 Å². The number of anilines is 2. The Kier molecular flexibility index (Phi) is 3.73. The lowest BCUT2D eigenvalue weighted by Gasteiger charge is -2.11. The van der Waals surface area contributed by atoms with E-state index in [9.17, 15) is 4.79 Å². The van der Waals surface area contributed by atoms with Gasteiger partial charge in [-0.15, -0.1) is 5.10 Å². The maximum Gasteiger partial charge on any atom is 0.309 e. The third kappa shape index (κ3) is 3.37. The zero-order chi connectivity index (χ0) is 14.7. The molecule has 0 aliphatic heterocycles. The summed E-state index contributed by atoms with van der Waals surface area (Å²) in [6.07, 6.45) is 1.35. The van der Waals surface area contributed by atoms with Gasteiger partial charge in [0.2, 0.25) is 11.9 Å². The summed E-state index contributed by atoms with van der Waals surface area (Å²) < 4.78 is 1.45. The zero-order valence-corrected chi connectivity index (χ0v) is 11.1. The molecule has 0 fully saturated rings. The van der Waals surface area contributed by atoms with Gasteiger partial charge in [-0.1, -0.05) is 5.21 Å². The van der Waals surface area contributed by atoms with Crippen molar-refractivity contribution in [2.45, 2.75) is 13.0 Å². The van der Waals surface area contributed by atoms with Crippen LogP contribution >= 0.6 is 0 Å². The number of aromatic nitrogens is 6. The van der Waals surface area contributed by atoms with Crippen LogP contribution < -0.4 is 10.6 Å². The van der Waals surface area contributed by atoms with Gasteiger partial charge in [-0.2, -0.15) is 15.0 Å². The molecule has 2 heterocycles. The van der Waals surface area contributed by atoms with Crippen molar-refractivity contribution in [3.8, 4) is 0 Å². The molecular weight excluding hydrogens is 264 g/mol. The predicted octanol–water partition coefficient (Wildman–Crippen LogP) is -1.21. The molecule has 0 saturated heterocycles. The number of aliphatic carboxylic acids is 1. The highest BCUT2D eigenvalue weighted by Crippen LogP contribution is 2.07. The van der Waals surface area contributed by atoms with Crippen LogP contribution in [-0.2, 0) is 17.8 Å². The summed E-state index contributed by atoms with van der Waals surface area (Å²) in [5.41, 5.74) is 5.98. The van der Waals surface area contributed by atoms with E-state index in [1.807, 2.05) is 0 Å². The standard InChI is InChI=1S/C10H14N8O2/c1-17(2)10-13-7(12-9(11)14-10)5-18-4-6(15-16-18)3-8(19)20/h4H,3,5H2,1-2H3,(H,19,20)(H2,11,12,13,14). The lowest BCUT2D eigenvalue weighted by Crippen LogP contribution is -2.17. The summed E-state index contributed by atoms with van der Waals surface area (Å²) in [5.74, 6) is 0.0206. The van der Waals surface area contributed by atoms with Gasteiger partial charge < -0.3 is 15.7 Å². The molecule has 0 spiro atoms. The molecule has 2 aromatic heterocycles. The van der Waals surface area contributed by atoms with Crippen molar-refractivity contribution in [2.24, 2.45) is 0 Å². The Balaban J connectivity index is 2.17. The molecule has 20 heavy (non-hydrogen) atoms. The second kappa shape index (κ2) is 5.47. The van der Waals surface area contributed by atoms with Crippen LogP contribution in [0, 0.1) is 0 Å². The van der Waals surface area contributed by atoms with Gasteiger partial charge >= 0.3 is 5.97 Å². The summed E-state index contributed by atoms with van der Waals surface area (Å²) >= 11 is 0. The van der Waals surface area contributed by atoms with Crippen LogP contribution in [0.25, 0.3) is 0 Å². The van der Waals surface area contributed by atoms with E-state index >= 15 is 0 Å². The summed E-state index contributed by atoms with van der Waals surface area (Å²) in [4.78, 5) is 24.5. The van der Waals surface area contributed by atoms with E-state index in [0.717, 1.165) is 0 Å². The van der Waals surface area contributed by atoms with Crippen molar-refractivity contribution in [3.05, 3.63) is 17.7 Å². The van der Waals surface area contributed by atoms with Gasteiger partial charge in [0.25, 0.3) is 0 Å². The third-order valence-electron chi connectivity index (χ3n) is 2.31. The first kappa shape index (κ1) is 13.6. The largest absolute Gasteiger partial charge is 0.481 e. The molecule has 3 N–H and O–H groups in total. The minimum atomic E-state index is -0.962. The fourth-order valence-electron chi connectivity index (χ4n) is 1.49. The SMILES string of the molecule is CN(C)c1nc(N)nc(Cn2cc(CC(=O)O)nn2)n1. The zero-order valence-electron chi connectivity index (χ0n) is 11.1. The molecule has 0 amide bonds. The van der Waals surface area contributed by atoms with Crippen LogP contribution in [0.5, 0.6) is 0 Å². The molecule has 0 radical (unpaired) electrons. The number of carboxylic acids is 1. The van der Waals surface area contributed by atoms with Crippen molar-refractivity contribution in [1.29, 1.82) is 0 Å². The Morgan fingerprint density at radius 2 is 2.15 bits per heavy atom. The highest BCUT2D eigenvalue weighted by molar-refractivity contribution is 5.69. The maximum absolute atomic E-state index is 10.6. The molecule has 0 aliphatic carbocycles. The fourth-order valence-corrected chi connectivity index (χ4v) is 1.49. The number of nitrogens with zero attached hydrogens (tertiary/aromatic N) is 7. The molecule has 0 bridgehead atoms. The smallest absolute Gasteiger partial charge is 0.309 e. The molecule has 0 atom stereocenters. The van der Waals surface area contributed by atoms with Crippen LogP contribution in [0.15, 0.2) is 6.20 Å². The lowest BCUT2D eigenvalue weighted by molar-refractivity contribution is -0.136. The predicted molar refractivity (Wildman–Crippen MR) is 69.0 cm³/mol. The first-order chi connectivity index (χ1) is 9.44. The number of carboxylic acid groups (broad SMARTS) is 1. The monoisotopic (exact) mass is 278 g/mol. The van der Waals surface area contributed by atoms with Gasteiger partial charge in [0, 0.05) is 20.3 Å². The Morgan fingerprint density at radius 3 is 2.80 bits per heavy atom.